The molecule has 0 amide bonds. The predicted octanol–water partition coefficient (Wildman–Crippen LogP) is 3.44. The van der Waals surface area contributed by atoms with Crippen molar-refractivity contribution in [1.29, 1.82) is 0 Å². The van der Waals surface area contributed by atoms with Gasteiger partial charge in [0.25, 0.3) is 0 Å². The molecule has 1 aromatic rings. The first-order valence-corrected chi connectivity index (χ1v) is 8.23. The van der Waals surface area contributed by atoms with Crippen molar-refractivity contribution in [2.45, 2.75) is 26.3 Å². The molecule has 2 rings (SSSR count). The van der Waals surface area contributed by atoms with Gasteiger partial charge in [0.05, 0.1) is 5.69 Å². The van der Waals surface area contributed by atoms with Crippen molar-refractivity contribution in [2.24, 2.45) is 0 Å². The van der Waals surface area contributed by atoms with Crippen LogP contribution in [0.5, 0.6) is 0 Å². The average molecular weight is 282 g/mol. The number of hydrogen-bond acceptors (Lipinski definition) is 3. The average Bonchev–Trinajstić information content (AvgIpc) is 2.45. The highest BCUT2D eigenvalue weighted by atomic mass is 32.2. The molecule has 1 fully saturated rings. The van der Waals surface area contributed by atoms with Crippen LogP contribution in [0.2, 0.25) is 0 Å². The molecule has 1 aliphatic heterocycles. The third-order valence-corrected chi connectivity index (χ3v) is 4.47. The lowest BCUT2D eigenvalue weighted by Gasteiger charge is -2.29. The van der Waals surface area contributed by atoms with E-state index in [2.05, 4.69) is 24.1 Å². The monoisotopic (exact) mass is 282 g/mol. The summed E-state index contributed by atoms with van der Waals surface area (Å²) >= 11 is 1.94. The van der Waals surface area contributed by atoms with E-state index in [0.717, 1.165) is 48.8 Å². The Bertz CT molecular complexity index is 405. The van der Waals surface area contributed by atoms with Crippen LogP contribution in [0.3, 0.4) is 0 Å². The summed E-state index contributed by atoms with van der Waals surface area (Å²) in [6.45, 7) is 7.09. The number of halogens is 1. The van der Waals surface area contributed by atoms with Gasteiger partial charge in [-0.25, -0.2) is 4.39 Å². The number of rotatable bonds is 5. The Morgan fingerprint density at radius 3 is 2.74 bits per heavy atom. The Morgan fingerprint density at radius 2 is 2.11 bits per heavy atom. The van der Waals surface area contributed by atoms with E-state index in [4.69, 9.17) is 0 Å². The Balaban J connectivity index is 2.07. The number of benzene rings is 1. The van der Waals surface area contributed by atoms with Gasteiger partial charge in [-0.2, -0.15) is 11.8 Å². The molecule has 0 aliphatic carbocycles. The summed E-state index contributed by atoms with van der Waals surface area (Å²) in [6.07, 6.45) is 1.09. The number of hydrogen-bond donors (Lipinski definition) is 1. The van der Waals surface area contributed by atoms with Gasteiger partial charge in [-0.15, -0.1) is 0 Å². The van der Waals surface area contributed by atoms with Crippen molar-refractivity contribution < 1.29 is 4.39 Å². The second-order valence-corrected chi connectivity index (χ2v) is 6.21. The lowest BCUT2D eigenvalue weighted by Crippen LogP contribution is -2.33. The highest BCUT2D eigenvalue weighted by Crippen LogP contribution is 2.25. The minimum absolute atomic E-state index is 0.0884. The van der Waals surface area contributed by atoms with Crippen LogP contribution in [0.4, 0.5) is 10.1 Å². The van der Waals surface area contributed by atoms with Gasteiger partial charge in [-0.3, -0.25) is 0 Å². The first-order valence-electron chi connectivity index (χ1n) is 7.08. The quantitative estimate of drug-likeness (QED) is 0.890. The Hall–Kier alpha value is -0.740. The largest absolute Gasteiger partial charge is 0.368 e. The van der Waals surface area contributed by atoms with Crippen LogP contribution in [-0.2, 0) is 0 Å². The van der Waals surface area contributed by atoms with Gasteiger partial charge in [0.15, 0.2) is 0 Å². The van der Waals surface area contributed by atoms with Gasteiger partial charge in [0.1, 0.15) is 5.82 Å². The molecular weight excluding hydrogens is 259 g/mol. The molecule has 0 radical (unpaired) electrons. The van der Waals surface area contributed by atoms with Crippen molar-refractivity contribution in [3.05, 3.63) is 29.6 Å². The molecule has 0 spiro atoms. The van der Waals surface area contributed by atoms with E-state index in [1.165, 1.54) is 0 Å². The van der Waals surface area contributed by atoms with Gasteiger partial charge in [-0.1, -0.05) is 13.0 Å². The number of thioether (sulfide) groups is 1. The molecule has 1 atom stereocenters. The third kappa shape index (κ3) is 3.86. The van der Waals surface area contributed by atoms with E-state index in [1.54, 1.807) is 6.07 Å². The van der Waals surface area contributed by atoms with Crippen molar-refractivity contribution in [3.63, 3.8) is 0 Å². The van der Waals surface area contributed by atoms with Crippen LogP contribution in [0.15, 0.2) is 18.2 Å². The molecule has 1 heterocycles. The molecule has 1 unspecified atom stereocenters. The summed E-state index contributed by atoms with van der Waals surface area (Å²) in [5.41, 5.74) is 1.79. The molecule has 1 saturated heterocycles. The van der Waals surface area contributed by atoms with Crippen molar-refractivity contribution in [2.75, 3.05) is 36.0 Å². The zero-order chi connectivity index (χ0) is 13.7. The topological polar surface area (TPSA) is 15.3 Å². The lowest BCUT2D eigenvalue weighted by atomic mass is 10.1. The fraction of sp³-hybridized carbons (Fsp3) is 0.600. The van der Waals surface area contributed by atoms with Gasteiger partial charge < -0.3 is 10.2 Å². The van der Waals surface area contributed by atoms with E-state index in [9.17, 15) is 4.39 Å². The normalized spacial score (nSPS) is 17.5. The van der Waals surface area contributed by atoms with Crippen molar-refractivity contribution in [3.8, 4) is 0 Å². The van der Waals surface area contributed by atoms with Crippen LogP contribution < -0.4 is 10.2 Å². The van der Waals surface area contributed by atoms with Crippen LogP contribution in [0, 0.1) is 5.82 Å². The smallest absolute Gasteiger partial charge is 0.146 e. The van der Waals surface area contributed by atoms with Gasteiger partial charge in [-0.05, 0) is 37.6 Å². The van der Waals surface area contributed by atoms with E-state index < -0.39 is 0 Å². The first kappa shape index (κ1) is 14.7. The first-order chi connectivity index (χ1) is 9.22. The Labute approximate surface area is 119 Å². The van der Waals surface area contributed by atoms with Crippen LogP contribution in [0.1, 0.15) is 31.9 Å². The summed E-state index contributed by atoms with van der Waals surface area (Å²) in [6, 6.07) is 5.88. The minimum Gasteiger partial charge on any atom is -0.368 e. The molecule has 0 aromatic heterocycles. The fourth-order valence-electron chi connectivity index (χ4n) is 2.33. The minimum atomic E-state index is -0.0884. The molecular formula is C15H23FN2S. The maximum absolute atomic E-state index is 14.2. The third-order valence-electron chi connectivity index (χ3n) is 3.52. The zero-order valence-electron chi connectivity index (χ0n) is 11.8. The summed E-state index contributed by atoms with van der Waals surface area (Å²) in [5, 5.41) is 3.39. The van der Waals surface area contributed by atoms with E-state index in [0.29, 0.717) is 0 Å². The summed E-state index contributed by atoms with van der Waals surface area (Å²) in [7, 11) is 0. The SMILES string of the molecule is CCCNC(C)c1ccc(N2CCSCC2)c(F)c1. The summed E-state index contributed by atoms with van der Waals surface area (Å²) < 4.78 is 14.2. The second kappa shape index (κ2) is 7.15. The predicted molar refractivity (Wildman–Crippen MR) is 82.6 cm³/mol. The lowest BCUT2D eigenvalue weighted by molar-refractivity contribution is 0.561. The second-order valence-electron chi connectivity index (χ2n) is 4.99. The number of nitrogens with zero attached hydrogens (tertiary/aromatic N) is 1. The molecule has 2 nitrogen and oxygen atoms in total. The fourth-order valence-corrected chi connectivity index (χ4v) is 3.23. The molecule has 19 heavy (non-hydrogen) atoms. The number of anilines is 1. The maximum atomic E-state index is 14.2. The molecule has 0 saturated carbocycles. The molecule has 1 aromatic carbocycles. The van der Waals surface area contributed by atoms with Crippen LogP contribution >= 0.6 is 11.8 Å². The van der Waals surface area contributed by atoms with Gasteiger partial charge in [0.2, 0.25) is 0 Å². The van der Waals surface area contributed by atoms with E-state index in [1.807, 2.05) is 23.9 Å². The summed E-state index contributed by atoms with van der Waals surface area (Å²) in [4.78, 5) is 2.15. The van der Waals surface area contributed by atoms with Crippen molar-refractivity contribution in [1.82, 2.24) is 5.32 Å². The highest BCUT2D eigenvalue weighted by molar-refractivity contribution is 7.99. The van der Waals surface area contributed by atoms with Gasteiger partial charge >= 0.3 is 0 Å². The Kier molecular flexibility index (Phi) is 5.52. The van der Waals surface area contributed by atoms with Crippen LogP contribution in [0.25, 0.3) is 0 Å². The molecule has 4 heteroatoms. The Morgan fingerprint density at radius 1 is 1.37 bits per heavy atom. The summed E-state index contributed by atoms with van der Waals surface area (Å²) in [5.74, 6) is 2.10. The molecule has 1 aliphatic rings. The number of nitrogens with one attached hydrogen (secondary N) is 1. The van der Waals surface area contributed by atoms with Gasteiger partial charge in [0, 0.05) is 30.6 Å². The molecule has 1 N–H and O–H groups in total. The highest BCUT2D eigenvalue weighted by Gasteiger charge is 2.16. The van der Waals surface area contributed by atoms with Crippen molar-refractivity contribution >= 4 is 17.4 Å². The maximum Gasteiger partial charge on any atom is 0.146 e. The van der Waals surface area contributed by atoms with Crippen LogP contribution in [-0.4, -0.2) is 31.1 Å². The van der Waals surface area contributed by atoms with E-state index >= 15 is 0 Å². The molecule has 0 bridgehead atoms. The molecule has 106 valence electrons. The standard InChI is InChI=1S/C15H23FN2S/c1-3-6-17-12(2)13-4-5-15(14(16)11-13)18-7-9-19-10-8-18/h4-5,11-12,17H,3,6-10H2,1-2H3. The van der Waals surface area contributed by atoms with E-state index in [-0.39, 0.29) is 11.9 Å². The zero-order valence-corrected chi connectivity index (χ0v) is 12.6.